The van der Waals surface area contributed by atoms with Crippen molar-refractivity contribution in [2.24, 2.45) is 0 Å². The van der Waals surface area contributed by atoms with Crippen LogP contribution in [0, 0.1) is 0 Å². The molecule has 0 radical (unpaired) electrons. The third kappa shape index (κ3) is 2.35. The second-order valence-corrected chi connectivity index (χ2v) is 4.77. The quantitative estimate of drug-likeness (QED) is 0.819. The summed E-state index contributed by atoms with van der Waals surface area (Å²) in [5, 5.41) is 5.64. The summed E-state index contributed by atoms with van der Waals surface area (Å²) in [6, 6.07) is 7.99. The van der Waals surface area contributed by atoms with Crippen molar-refractivity contribution in [3.8, 4) is 5.75 Å². The Morgan fingerprint density at radius 1 is 1.05 bits per heavy atom. The van der Waals surface area contributed by atoms with E-state index in [4.69, 9.17) is 14.4 Å². The van der Waals surface area contributed by atoms with Crippen LogP contribution in [-0.2, 0) is 16.2 Å². The average Bonchev–Trinajstić information content (AvgIpc) is 3.17. The van der Waals surface area contributed by atoms with Gasteiger partial charge >= 0.3 is 0 Å². The molecule has 0 saturated carbocycles. The van der Waals surface area contributed by atoms with Crippen LogP contribution < -0.4 is 15.9 Å². The molecular formula is C13H15N5O3. The van der Waals surface area contributed by atoms with Gasteiger partial charge in [0.1, 0.15) is 18.3 Å². The summed E-state index contributed by atoms with van der Waals surface area (Å²) in [5.74, 6) is 0.858. The Morgan fingerprint density at radius 3 is 2.71 bits per heavy atom. The first-order valence-electron chi connectivity index (χ1n) is 6.63. The summed E-state index contributed by atoms with van der Waals surface area (Å²) in [4.78, 5) is 10.1. The zero-order valence-corrected chi connectivity index (χ0v) is 11.2. The Kier molecular flexibility index (Phi) is 3.03. The fraction of sp³-hybridized carbons (Fsp3) is 0.231. The number of para-hydroxylation sites is 1. The minimum atomic E-state index is -0.247. The van der Waals surface area contributed by atoms with Gasteiger partial charge in [-0.2, -0.15) is 5.01 Å². The molecule has 0 aliphatic carbocycles. The molecule has 8 nitrogen and oxygen atoms in total. The molecule has 3 heterocycles. The van der Waals surface area contributed by atoms with Gasteiger partial charge in [0.05, 0.1) is 18.9 Å². The van der Waals surface area contributed by atoms with E-state index in [1.54, 1.807) is 28.9 Å². The van der Waals surface area contributed by atoms with Gasteiger partial charge in [0, 0.05) is 12.1 Å². The number of benzene rings is 1. The molecule has 3 aliphatic heterocycles. The lowest BCUT2D eigenvalue weighted by Crippen LogP contribution is -2.52. The van der Waals surface area contributed by atoms with Crippen molar-refractivity contribution >= 4 is 0 Å². The first kappa shape index (κ1) is 12.3. The first-order chi connectivity index (χ1) is 10.4. The van der Waals surface area contributed by atoms with Gasteiger partial charge < -0.3 is 14.4 Å². The molecule has 1 aromatic carbocycles. The van der Waals surface area contributed by atoms with Crippen LogP contribution in [0.2, 0.25) is 0 Å². The topological polar surface area (TPSA) is 61.5 Å². The van der Waals surface area contributed by atoms with Crippen LogP contribution in [-0.4, -0.2) is 27.9 Å². The fourth-order valence-corrected chi connectivity index (χ4v) is 2.41. The van der Waals surface area contributed by atoms with Gasteiger partial charge in [-0.3, -0.25) is 0 Å². The van der Waals surface area contributed by atoms with E-state index < -0.39 is 0 Å². The van der Waals surface area contributed by atoms with Gasteiger partial charge in [-0.05, 0) is 6.07 Å². The zero-order valence-electron chi connectivity index (χ0n) is 11.2. The van der Waals surface area contributed by atoms with Crippen molar-refractivity contribution in [1.29, 1.82) is 0 Å². The molecule has 0 amide bonds. The number of nitrogens with one attached hydrogen (secondary N) is 2. The molecule has 1 aromatic rings. The largest absolute Gasteiger partial charge is 0.467 e. The molecule has 0 aromatic heterocycles. The number of ether oxygens (including phenoxy) is 1. The zero-order chi connectivity index (χ0) is 14.1. The van der Waals surface area contributed by atoms with Gasteiger partial charge in [-0.25, -0.2) is 10.1 Å². The molecule has 1 unspecified atom stereocenters. The van der Waals surface area contributed by atoms with Gasteiger partial charge in [0.25, 0.3) is 0 Å². The van der Waals surface area contributed by atoms with Crippen LogP contribution in [0.1, 0.15) is 5.56 Å². The second kappa shape index (κ2) is 5.17. The number of nitrogens with zero attached hydrogens (tertiary/aromatic N) is 3. The van der Waals surface area contributed by atoms with Crippen LogP contribution >= 0.6 is 0 Å². The third-order valence-corrected chi connectivity index (χ3v) is 3.43. The maximum Gasteiger partial charge on any atom is 0.202 e. The minimum absolute atomic E-state index is 0.247. The summed E-state index contributed by atoms with van der Waals surface area (Å²) < 4.78 is 6.10. The highest BCUT2D eigenvalue weighted by Gasteiger charge is 2.31. The van der Waals surface area contributed by atoms with Gasteiger partial charge in [-0.15, -0.1) is 0 Å². The van der Waals surface area contributed by atoms with E-state index in [9.17, 15) is 0 Å². The lowest BCUT2D eigenvalue weighted by atomic mass is 10.2. The van der Waals surface area contributed by atoms with Crippen molar-refractivity contribution in [1.82, 2.24) is 26.3 Å². The predicted molar refractivity (Wildman–Crippen MR) is 71.7 cm³/mol. The van der Waals surface area contributed by atoms with Gasteiger partial charge in [-0.1, -0.05) is 29.4 Å². The number of rotatable bonds is 2. The summed E-state index contributed by atoms with van der Waals surface area (Å²) in [6.45, 7) is 1.31. The maximum atomic E-state index is 6.10. The highest BCUT2D eigenvalue weighted by Crippen LogP contribution is 2.27. The van der Waals surface area contributed by atoms with Gasteiger partial charge in [0.2, 0.25) is 6.23 Å². The lowest BCUT2D eigenvalue weighted by Gasteiger charge is -2.32. The molecule has 0 saturated heterocycles. The Bertz CT molecular complexity index is 530. The van der Waals surface area contributed by atoms with Crippen LogP contribution in [0.4, 0.5) is 0 Å². The molecular weight excluding hydrogens is 274 g/mol. The maximum absolute atomic E-state index is 6.10. The number of hydrazine groups is 3. The Hall–Kier alpha value is -2.42. The molecule has 0 fully saturated rings. The van der Waals surface area contributed by atoms with E-state index in [2.05, 4.69) is 22.3 Å². The van der Waals surface area contributed by atoms with E-state index in [1.807, 2.05) is 24.4 Å². The second-order valence-electron chi connectivity index (χ2n) is 4.77. The highest BCUT2D eigenvalue weighted by molar-refractivity contribution is 5.34. The van der Waals surface area contributed by atoms with Crippen molar-refractivity contribution in [3.05, 3.63) is 54.8 Å². The van der Waals surface area contributed by atoms with E-state index in [0.717, 1.165) is 11.3 Å². The van der Waals surface area contributed by atoms with Crippen LogP contribution in [0.3, 0.4) is 0 Å². The highest BCUT2D eigenvalue weighted by atomic mass is 16.7. The summed E-state index contributed by atoms with van der Waals surface area (Å²) in [7, 11) is 0. The molecule has 2 N–H and O–H groups in total. The van der Waals surface area contributed by atoms with E-state index in [-0.39, 0.29) is 6.23 Å². The first-order valence-corrected chi connectivity index (χ1v) is 6.63. The predicted octanol–water partition coefficient (Wildman–Crippen LogP) is 0.568. The van der Waals surface area contributed by atoms with Gasteiger partial charge in [0.15, 0.2) is 0 Å². The van der Waals surface area contributed by atoms with Crippen molar-refractivity contribution in [3.63, 3.8) is 0 Å². The average molecular weight is 289 g/mol. The molecule has 21 heavy (non-hydrogen) atoms. The van der Waals surface area contributed by atoms with Crippen LogP contribution in [0.15, 0.2) is 49.2 Å². The van der Waals surface area contributed by atoms with Crippen molar-refractivity contribution in [2.75, 3.05) is 6.54 Å². The van der Waals surface area contributed by atoms with Crippen LogP contribution in [0.5, 0.6) is 5.75 Å². The number of hydrogen-bond donors (Lipinski definition) is 2. The monoisotopic (exact) mass is 289 g/mol. The molecule has 0 bridgehead atoms. The van der Waals surface area contributed by atoms with E-state index in [0.29, 0.717) is 13.1 Å². The SMILES string of the molecule is C1=CN(C2CN(N3C=CON3)Cc3ccccc3O2)NO1. The standard InChI is InChI=1S/C13H15N5O3/c1-2-4-12-11(3-1)9-16(18-6-8-20-15-18)10-13(21-12)17-5-7-19-14-17/h1-8,13-15H,9-10H2. The number of fused-ring (bicyclic) bond motifs is 1. The van der Waals surface area contributed by atoms with Crippen molar-refractivity contribution < 1.29 is 14.4 Å². The summed E-state index contributed by atoms with van der Waals surface area (Å²) in [6.07, 6.45) is 6.52. The molecule has 3 aliphatic rings. The minimum Gasteiger partial charge on any atom is -0.467 e. The summed E-state index contributed by atoms with van der Waals surface area (Å²) in [5.41, 5.74) is 6.68. The molecule has 110 valence electrons. The van der Waals surface area contributed by atoms with E-state index in [1.165, 1.54) is 0 Å². The molecule has 0 spiro atoms. The van der Waals surface area contributed by atoms with E-state index >= 15 is 0 Å². The lowest BCUT2D eigenvalue weighted by molar-refractivity contribution is -0.139. The molecule has 4 rings (SSSR count). The third-order valence-electron chi connectivity index (χ3n) is 3.43. The van der Waals surface area contributed by atoms with Crippen LogP contribution in [0.25, 0.3) is 0 Å². The molecule has 8 heteroatoms. The van der Waals surface area contributed by atoms with Crippen molar-refractivity contribution in [2.45, 2.75) is 12.8 Å². The Morgan fingerprint density at radius 2 is 1.90 bits per heavy atom. The Balaban J connectivity index is 1.63. The number of hydrogen-bond acceptors (Lipinski definition) is 8. The normalized spacial score (nSPS) is 24.3. The summed E-state index contributed by atoms with van der Waals surface area (Å²) >= 11 is 0. The fourth-order valence-electron chi connectivity index (χ4n) is 2.41. The Labute approximate surface area is 121 Å². The smallest absolute Gasteiger partial charge is 0.202 e. The molecule has 1 atom stereocenters.